The summed E-state index contributed by atoms with van der Waals surface area (Å²) in [4.78, 5) is 27.1. The molecule has 0 aromatic heterocycles. The number of nitrogens with zero attached hydrogens (tertiary/aromatic N) is 1. The number of amides is 2. The Kier molecular flexibility index (Phi) is 7.48. The molecule has 1 aliphatic rings. The van der Waals surface area contributed by atoms with Crippen LogP contribution in [0.3, 0.4) is 0 Å². The van der Waals surface area contributed by atoms with Gasteiger partial charge in [-0.05, 0) is 48.6 Å². The standard InChI is InChI=1S/C24H27ClN2O2/c1-2-22(19-6-4-3-5-7-19)24(29)27-16-14-21(15-17-27)26-23(28)13-10-18-8-11-20(25)12-9-18/h3-13,21-22H,2,14-17H2,1H3,(H,26,28)/b13-10+. The van der Waals surface area contributed by atoms with E-state index >= 15 is 0 Å². The van der Waals surface area contributed by atoms with Gasteiger partial charge in [0, 0.05) is 30.2 Å². The van der Waals surface area contributed by atoms with Gasteiger partial charge in [0.15, 0.2) is 0 Å². The van der Waals surface area contributed by atoms with Crippen LogP contribution in [-0.4, -0.2) is 35.8 Å². The molecule has 0 radical (unpaired) electrons. The first-order chi connectivity index (χ1) is 14.1. The third-order valence-electron chi connectivity index (χ3n) is 5.36. The number of hydrogen-bond acceptors (Lipinski definition) is 2. The fraction of sp³-hybridized carbons (Fsp3) is 0.333. The zero-order valence-corrected chi connectivity index (χ0v) is 17.4. The Bertz CT molecular complexity index is 841. The van der Waals surface area contributed by atoms with Crippen LogP contribution < -0.4 is 5.32 Å². The summed E-state index contributed by atoms with van der Waals surface area (Å²) in [7, 11) is 0. The number of hydrogen-bond donors (Lipinski definition) is 1. The number of halogens is 1. The second kappa shape index (κ2) is 10.3. The van der Waals surface area contributed by atoms with Crippen molar-refractivity contribution in [3.63, 3.8) is 0 Å². The maximum absolute atomic E-state index is 13.0. The molecule has 1 saturated heterocycles. The Labute approximate surface area is 177 Å². The van der Waals surface area contributed by atoms with Gasteiger partial charge in [-0.25, -0.2) is 0 Å². The average Bonchev–Trinajstić information content (AvgIpc) is 2.75. The number of likely N-dealkylation sites (tertiary alicyclic amines) is 1. The van der Waals surface area contributed by atoms with Gasteiger partial charge in [-0.3, -0.25) is 9.59 Å². The number of nitrogens with one attached hydrogen (secondary N) is 1. The molecule has 0 saturated carbocycles. The summed E-state index contributed by atoms with van der Waals surface area (Å²) in [5.74, 6) is -0.0174. The van der Waals surface area contributed by atoms with Crippen LogP contribution in [0.4, 0.5) is 0 Å². The quantitative estimate of drug-likeness (QED) is 0.704. The van der Waals surface area contributed by atoms with Gasteiger partial charge in [-0.15, -0.1) is 0 Å². The Balaban J connectivity index is 1.49. The second-order valence-corrected chi connectivity index (χ2v) is 7.80. The largest absolute Gasteiger partial charge is 0.350 e. The molecule has 1 fully saturated rings. The molecule has 1 unspecified atom stereocenters. The van der Waals surface area contributed by atoms with Gasteiger partial charge in [-0.2, -0.15) is 0 Å². The predicted octanol–water partition coefficient (Wildman–Crippen LogP) is 4.65. The first-order valence-corrected chi connectivity index (χ1v) is 10.5. The zero-order valence-electron chi connectivity index (χ0n) is 16.7. The fourth-order valence-corrected chi connectivity index (χ4v) is 3.82. The molecule has 152 valence electrons. The lowest BCUT2D eigenvalue weighted by molar-refractivity contribution is -0.134. The summed E-state index contributed by atoms with van der Waals surface area (Å²) in [6, 6.07) is 17.4. The van der Waals surface area contributed by atoms with Crippen molar-refractivity contribution in [1.82, 2.24) is 10.2 Å². The summed E-state index contributed by atoms with van der Waals surface area (Å²) in [6.45, 7) is 3.40. The molecular formula is C24H27ClN2O2. The van der Waals surface area contributed by atoms with Gasteiger partial charge >= 0.3 is 0 Å². The van der Waals surface area contributed by atoms with Crippen molar-refractivity contribution >= 4 is 29.5 Å². The van der Waals surface area contributed by atoms with E-state index in [2.05, 4.69) is 12.2 Å². The highest BCUT2D eigenvalue weighted by molar-refractivity contribution is 6.30. The molecule has 0 spiro atoms. The fourth-order valence-electron chi connectivity index (χ4n) is 3.70. The lowest BCUT2D eigenvalue weighted by Crippen LogP contribution is -2.47. The molecule has 1 aliphatic heterocycles. The molecule has 3 rings (SSSR count). The lowest BCUT2D eigenvalue weighted by Gasteiger charge is -2.34. The van der Waals surface area contributed by atoms with E-state index < -0.39 is 0 Å². The lowest BCUT2D eigenvalue weighted by atomic mass is 9.93. The molecule has 0 bridgehead atoms. The summed E-state index contributed by atoms with van der Waals surface area (Å²) in [5, 5.41) is 3.72. The third-order valence-corrected chi connectivity index (χ3v) is 5.61. The maximum Gasteiger partial charge on any atom is 0.244 e. The Hall–Kier alpha value is -2.59. The van der Waals surface area contributed by atoms with Crippen molar-refractivity contribution in [2.24, 2.45) is 0 Å². The number of carbonyl (C=O) groups is 2. The van der Waals surface area contributed by atoms with Crippen molar-refractivity contribution in [2.75, 3.05) is 13.1 Å². The van der Waals surface area contributed by atoms with E-state index in [1.165, 1.54) is 0 Å². The van der Waals surface area contributed by atoms with Crippen LogP contribution >= 0.6 is 11.6 Å². The Morgan fingerprint density at radius 3 is 2.38 bits per heavy atom. The van der Waals surface area contributed by atoms with E-state index in [9.17, 15) is 9.59 Å². The van der Waals surface area contributed by atoms with Crippen LogP contribution in [0.1, 0.15) is 43.2 Å². The van der Waals surface area contributed by atoms with E-state index in [-0.39, 0.29) is 23.8 Å². The maximum atomic E-state index is 13.0. The van der Waals surface area contributed by atoms with Crippen LogP contribution in [0.15, 0.2) is 60.7 Å². The van der Waals surface area contributed by atoms with Gasteiger partial charge in [0.25, 0.3) is 0 Å². The molecule has 2 amide bonds. The highest BCUT2D eigenvalue weighted by atomic mass is 35.5. The van der Waals surface area contributed by atoms with E-state index in [1.54, 1.807) is 24.3 Å². The summed E-state index contributed by atoms with van der Waals surface area (Å²) in [6.07, 6.45) is 5.66. The molecule has 1 atom stereocenters. The van der Waals surface area contributed by atoms with Gasteiger partial charge < -0.3 is 10.2 Å². The zero-order chi connectivity index (χ0) is 20.6. The van der Waals surface area contributed by atoms with Gasteiger partial charge in [0.1, 0.15) is 0 Å². The van der Waals surface area contributed by atoms with Gasteiger partial charge in [0.2, 0.25) is 11.8 Å². The molecule has 1 heterocycles. The second-order valence-electron chi connectivity index (χ2n) is 7.36. The smallest absolute Gasteiger partial charge is 0.244 e. The average molecular weight is 411 g/mol. The van der Waals surface area contributed by atoms with Crippen molar-refractivity contribution in [3.05, 3.63) is 76.8 Å². The molecular weight excluding hydrogens is 384 g/mol. The van der Waals surface area contributed by atoms with E-state index in [1.807, 2.05) is 47.4 Å². The minimum Gasteiger partial charge on any atom is -0.350 e. The van der Waals surface area contributed by atoms with Crippen LogP contribution in [0.25, 0.3) is 6.08 Å². The highest BCUT2D eigenvalue weighted by Crippen LogP contribution is 2.24. The van der Waals surface area contributed by atoms with Crippen LogP contribution in [0, 0.1) is 0 Å². The SMILES string of the molecule is CCC(C(=O)N1CCC(NC(=O)/C=C/c2ccc(Cl)cc2)CC1)c1ccccc1. The van der Waals surface area contributed by atoms with Crippen molar-refractivity contribution < 1.29 is 9.59 Å². The number of benzene rings is 2. The first-order valence-electron chi connectivity index (χ1n) is 10.1. The molecule has 2 aromatic rings. The summed E-state index contributed by atoms with van der Waals surface area (Å²) < 4.78 is 0. The monoisotopic (exact) mass is 410 g/mol. The van der Waals surface area contributed by atoms with Crippen LogP contribution in [0.2, 0.25) is 5.02 Å². The Morgan fingerprint density at radius 1 is 1.10 bits per heavy atom. The molecule has 29 heavy (non-hydrogen) atoms. The minimum absolute atomic E-state index is 0.0929. The topological polar surface area (TPSA) is 49.4 Å². The minimum atomic E-state index is -0.111. The van der Waals surface area contributed by atoms with Gasteiger partial charge in [0.05, 0.1) is 5.92 Å². The molecule has 2 aromatic carbocycles. The van der Waals surface area contributed by atoms with E-state index in [0.29, 0.717) is 18.1 Å². The van der Waals surface area contributed by atoms with E-state index in [0.717, 1.165) is 30.4 Å². The number of carbonyl (C=O) groups excluding carboxylic acids is 2. The molecule has 0 aliphatic carbocycles. The molecule has 1 N–H and O–H groups in total. The van der Waals surface area contributed by atoms with Crippen LogP contribution in [0.5, 0.6) is 0 Å². The number of piperidine rings is 1. The predicted molar refractivity (Wildman–Crippen MR) is 118 cm³/mol. The highest BCUT2D eigenvalue weighted by Gasteiger charge is 2.28. The Morgan fingerprint density at radius 2 is 1.76 bits per heavy atom. The van der Waals surface area contributed by atoms with Crippen molar-refractivity contribution in [3.8, 4) is 0 Å². The van der Waals surface area contributed by atoms with E-state index in [4.69, 9.17) is 11.6 Å². The first kappa shape index (κ1) is 21.1. The third kappa shape index (κ3) is 5.94. The summed E-state index contributed by atoms with van der Waals surface area (Å²) >= 11 is 5.87. The van der Waals surface area contributed by atoms with Crippen molar-refractivity contribution in [2.45, 2.75) is 38.1 Å². The van der Waals surface area contributed by atoms with Crippen LogP contribution in [-0.2, 0) is 9.59 Å². The summed E-state index contributed by atoms with van der Waals surface area (Å²) in [5.41, 5.74) is 2.00. The number of rotatable bonds is 6. The van der Waals surface area contributed by atoms with Crippen molar-refractivity contribution in [1.29, 1.82) is 0 Å². The molecule has 4 nitrogen and oxygen atoms in total. The van der Waals surface area contributed by atoms with Gasteiger partial charge in [-0.1, -0.05) is 61.0 Å². The molecule has 5 heteroatoms. The normalized spacial score (nSPS) is 16.0.